The van der Waals surface area contributed by atoms with Gasteiger partial charge >= 0.3 is 0 Å². The summed E-state index contributed by atoms with van der Waals surface area (Å²) in [7, 11) is 0. The van der Waals surface area contributed by atoms with Crippen LogP contribution in [-0.2, 0) is 0 Å². The lowest BCUT2D eigenvalue weighted by atomic mass is 10.1. The summed E-state index contributed by atoms with van der Waals surface area (Å²) in [5.41, 5.74) is 1.11. The van der Waals surface area contributed by atoms with E-state index >= 15 is 0 Å². The van der Waals surface area contributed by atoms with Gasteiger partial charge in [0.15, 0.2) is 0 Å². The van der Waals surface area contributed by atoms with E-state index in [1.54, 1.807) is 0 Å². The average Bonchev–Trinajstić information content (AvgIpc) is 2.04. The molecule has 1 rings (SSSR count). The van der Waals surface area contributed by atoms with E-state index in [2.05, 4.69) is 36.8 Å². The van der Waals surface area contributed by atoms with Gasteiger partial charge in [-0.25, -0.2) is 0 Å². The summed E-state index contributed by atoms with van der Waals surface area (Å²) in [6, 6.07) is 0.512. The first kappa shape index (κ1) is 8.12. The fourth-order valence-corrected chi connectivity index (χ4v) is 1.28. The Balaban J connectivity index is 2.70. The van der Waals surface area contributed by atoms with Crippen LogP contribution in [-0.4, -0.2) is 10.9 Å². The zero-order chi connectivity index (χ0) is 8.27. The number of hydrogen-bond acceptors (Lipinski definition) is 1. The predicted molar refractivity (Wildman–Crippen MR) is 49.0 cm³/mol. The predicted octanol–water partition coefficient (Wildman–Crippen LogP) is 2.68. The van der Waals surface area contributed by atoms with Gasteiger partial charge in [-0.1, -0.05) is 25.7 Å². The van der Waals surface area contributed by atoms with Crippen molar-refractivity contribution in [1.82, 2.24) is 4.90 Å². The summed E-state index contributed by atoms with van der Waals surface area (Å²) >= 11 is 0. The van der Waals surface area contributed by atoms with Crippen LogP contribution in [0.3, 0.4) is 0 Å². The number of rotatable bonds is 2. The molecule has 1 heterocycles. The first-order valence-corrected chi connectivity index (χ1v) is 4.04. The van der Waals surface area contributed by atoms with E-state index < -0.39 is 0 Å². The third kappa shape index (κ3) is 1.73. The number of nitrogens with zero attached hydrogens (tertiary/aromatic N) is 1. The Kier molecular flexibility index (Phi) is 2.53. The normalized spacial score (nSPS) is 22.4. The molecule has 1 atom stereocenters. The molecule has 1 nitrogen and oxygen atoms in total. The van der Waals surface area contributed by atoms with E-state index in [0.717, 1.165) is 12.1 Å². The summed E-state index contributed by atoms with van der Waals surface area (Å²) in [6.45, 7) is 8.14. The lowest BCUT2D eigenvalue weighted by Crippen LogP contribution is -2.27. The molecule has 0 fully saturated rings. The van der Waals surface area contributed by atoms with Crippen LogP contribution in [0, 0.1) is 0 Å². The van der Waals surface area contributed by atoms with Gasteiger partial charge in [-0.3, -0.25) is 0 Å². The molecule has 0 aromatic rings. The lowest BCUT2D eigenvalue weighted by molar-refractivity contribution is 0.382. The van der Waals surface area contributed by atoms with E-state index in [1.165, 1.54) is 0 Å². The maximum atomic E-state index is 3.92. The summed E-state index contributed by atoms with van der Waals surface area (Å²) in [4.78, 5) is 2.19. The zero-order valence-corrected chi connectivity index (χ0v) is 7.25. The highest BCUT2D eigenvalue weighted by atomic mass is 15.1. The second-order valence-corrected chi connectivity index (χ2v) is 2.84. The standard InChI is InChI=1S/C10H15N/c1-4-10-7-5-6-8-11(10)9(2)3/h5-8,10H,2,4H2,1,3H3. The molecule has 0 amide bonds. The Bertz CT molecular complexity index is 201. The van der Waals surface area contributed by atoms with Crippen molar-refractivity contribution < 1.29 is 0 Å². The second kappa shape index (κ2) is 3.42. The van der Waals surface area contributed by atoms with Gasteiger partial charge in [-0.15, -0.1) is 0 Å². The number of allylic oxidation sites excluding steroid dienone is 3. The van der Waals surface area contributed by atoms with Crippen LogP contribution in [0.4, 0.5) is 0 Å². The SMILES string of the molecule is C=C(C)N1C=CC=CC1CC. The van der Waals surface area contributed by atoms with Crippen molar-refractivity contribution in [3.63, 3.8) is 0 Å². The molecule has 60 valence electrons. The largest absolute Gasteiger partial charge is 0.346 e. The van der Waals surface area contributed by atoms with Gasteiger partial charge in [0.25, 0.3) is 0 Å². The van der Waals surface area contributed by atoms with Crippen LogP contribution in [0.1, 0.15) is 20.3 Å². The minimum atomic E-state index is 0.512. The Morgan fingerprint density at radius 1 is 1.55 bits per heavy atom. The molecular weight excluding hydrogens is 134 g/mol. The third-order valence-corrected chi connectivity index (χ3v) is 1.91. The highest BCUT2D eigenvalue weighted by molar-refractivity contribution is 5.17. The van der Waals surface area contributed by atoms with Gasteiger partial charge < -0.3 is 4.90 Å². The molecule has 0 N–H and O–H groups in total. The Morgan fingerprint density at radius 3 is 2.73 bits per heavy atom. The van der Waals surface area contributed by atoms with E-state index in [0.29, 0.717) is 6.04 Å². The minimum Gasteiger partial charge on any atom is -0.346 e. The van der Waals surface area contributed by atoms with Gasteiger partial charge in [-0.05, 0) is 19.4 Å². The van der Waals surface area contributed by atoms with Gasteiger partial charge in [0.2, 0.25) is 0 Å². The third-order valence-electron chi connectivity index (χ3n) is 1.91. The van der Waals surface area contributed by atoms with Gasteiger partial charge in [-0.2, -0.15) is 0 Å². The maximum Gasteiger partial charge on any atom is 0.0513 e. The fraction of sp³-hybridized carbons (Fsp3) is 0.400. The molecule has 0 saturated carbocycles. The van der Waals surface area contributed by atoms with Crippen molar-refractivity contribution in [2.45, 2.75) is 26.3 Å². The first-order chi connectivity index (χ1) is 5.25. The fourth-order valence-electron chi connectivity index (χ4n) is 1.28. The quantitative estimate of drug-likeness (QED) is 0.583. The molecule has 0 bridgehead atoms. The van der Waals surface area contributed by atoms with Crippen LogP contribution >= 0.6 is 0 Å². The average molecular weight is 149 g/mol. The monoisotopic (exact) mass is 149 g/mol. The van der Waals surface area contributed by atoms with E-state index in [-0.39, 0.29) is 0 Å². The van der Waals surface area contributed by atoms with Crippen molar-refractivity contribution in [2.75, 3.05) is 0 Å². The lowest BCUT2D eigenvalue weighted by Gasteiger charge is -2.29. The van der Waals surface area contributed by atoms with E-state index in [4.69, 9.17) is 0 Å². The Labute approximate surface area is 68.7 Å². The number of hydrogen-bond donors (Lipinski definition) is 0. The summed E-state index contributed by atoms with van der Waals surface area (Å²) in [6.07, 6.45) is 9.55. The minimum absolute atomic E-state index is 0.512. The van der Waals surface area contributed by atoms with Crippen LogP contribution in [0.2, 0.25) is 0 Å². The molecule has 11 heavy (non-hydrogen) atoms. The maximum absolute atomic E-state index is 3.92. The summed E-state index contributed by atoms with van der Waals surface area (Å²) in [5.74, 6) is 0. The summed E-state index contributed by atoms with van der Waals surface area (Å²) in [5, 5.41) is 0. The molecule has 1 unspecified atom stereocenters. The molecule has 1 aliphatic rings. The van der Waals surface area contributed by atoms with Crippen molar-refractivity contribution in [1.29, 1.82) is 0 Å². The molecule has 1 aliphatic heterocycles. The second-order valence-electron chi connectivity index (χ2n) is 2.84. The topological polar surface area (TPSA) is 3.24 Å². The molecule has 1 heteroatoms. The zero-order valence-electron chi connectivity index (χ0n) is 7.25. The van der Waals surface area contributed by atoms with E-state index in [9.17, 15) is 0 Å². The van der Waals surface area contributed by atoms with Crippen LogP contribution in [0.5, 0.6) is 0 Å². The molecular formula is C10H15N. The van der Waals surface area contributed by atoms with Crippen LogP contribution in [0.15, 0.2) is 36.7 Å². The highest BCUT2D eigenvalue weighted by Gasteiger charge is 2.11. The molecule has 0 aromatic heterocycles. The highest BCUT2D eigenvalue weighted by Crippen LogP contribution is 2.15. The van der Waals surface area contributed by atoms with Gasteiger partial charge in [0.1, 0.15) is 0 Å². The van der Waals surface area contributed by atoms with E-state index in [1.807, 2.05) is 13.0 Å². The van der Waals surface area contributed by atoms with Crippen molar-refractivity contribution in [2.24, 2.45) is 0 Å². The Morgan fingerprint density at radius 2 is 2.27 bits per heavy atom. The summed E-state index contributed by atoms with van der Waals surface area (Å²) < 4.78 is 0. The van der Waals surface area contributed by atoms with Crippen molar-refractivity contribution in [3.8, 4) is 0 Å². The van der Waals surface area contributed by atoms with Crippen molar-refractivity contribution >= 4 is 0 Å². The van der Waals surface area contributed by atoms with Crippen molar-refractivity contribution in [3.05, 3.63) is 36.7 Å². The smallest absolute Gasteiger partial charge is 0.0513 e. The van der Waals surface area contributed by atoms with Crippen LogP contribution < -0.4 is 0 Å². The molecule has 0 spiro atoms. The van der Waals surface area contributed by atoms with Gasteiger partial charge in [0, 0.05) is 11.9 Å². The van der Waals surface area contributed by atoms with Crippen LogP contribution in [0.25, 0.3) is 0 Å². The first-order valence-electron chi connectivity index (χ1n) is 4.04. The molecule has 0 saturated heterocycles. The molecule has 0 aromatic carbocycles. The molecule has 0 radical (unpaired) electrons. The van der Waals surface area contributed by atoms with Gasteiger partial charge in [0.05, 0.1) is 6.04 Å². The molecule has 0 aliphatic carbocycles. The Hall–Kier alpha value is -0.980.